The number of carbonyl (C=O) groups is 1. The Morgan fingerprint density at radius 2 is 2.15 bits per heavy atom. The van der Waals surface area contributed by atoms with Crippen LogP contribution in [0.1, 0.15) is 35.3 Å². The number of carbonyl (C=O) groups excluding carboxylic acids is 1. The zero-order valence-electron chi connectivity index (χ0n) is 15.8. The molecule has 0 aromatic carbocycles. The number of nitrogens with zero attached hydrogens (tertiary/aromatic N) is 2. The van der Waals surface area contributed by atoms with Crippen molar-refractivity contribution < 1.29 is 14.3 Å². The highest BCUT2D eigenvalue weighted by Gasteiger charge is 2.41. The molecule has 7 nitrogen and oxygen atoms in total. The van der Waals surface area contributed by atoms with Gasteiger partial charge in [-0.3, -0.25) is 9.59 Å². The number of hydrogen-bond acceptors (Lipinski definition) is 5. The first-order chi connectivity index (χ1) is 12.6. The van der Waals surface area contributed by atoms with E-state index < -0.39 is 0 Å². The van der Waals surface area contributed by atoms with Crippen molar-refractivity contribution in [3.05, 3.63) is 27.7 Å². The van der Waals surface area contributed by atoms with Crippen LogP contribution in [0.4, 0.5) is 0 Å². The predicted molar refractivity (Wildman–Crippen MR) is 104 cm³/mol. The Morgan fingerprint density at radius 1 is 1.30 bits per heavy atom. The van der Waals surface area contributed by atoms with Crippen LogP contribution in [0.2, 0.25) is 0 Å². The van der Waals surface area contributed by atoms with Gasteiger partial charge in [0.05, 0.1) is 13.7 Å². The van der Waals surface area contributed by atoms with Crippen molar-refractivity contribution >= 4 is 18.3 Å². The third-order valence-corrected chi connectivity index (χ3v) is 6.00. The molecule has 1 amide bonds. The molecule has 2 fully saturated rings. The molecule has 2 saturated heterocycles. The number of nitrogens with one attached hydrogen (secondary N) is 1. The van der Waals surface area contributed by atoms with E-state index in [0.29, 0.717) is 24.3 Å². The lowest BCUT2D eigenvalue weighted by Gasteiger charge is -2.39. The van der Waals surface area contributed by atoms with Crippen LogP contribution in [0.25, 0.3) is 0 Å². The lowest BCUT2D eigenvalue weighted by atomic mass is 9.79. The van der Waals surface area contributed by atoms with Crippen molar-refractivity contribution in [2.45, 2.75) is 32.2 Å². The molecule has 1 spiro atoms. The second kappa shape index (κ2) is 8.20. The van der Waals surface area contributed by atoms with Crippen molar-refractivity contribution in [2.24, 2.45) is 5.41 Å². The van der Waals surface area contributed by atoms with Crippen LogP contribution < -0.4 is 15.6 Å². The van der Waals surface area contributed by atoms with E-state index in [4.69, 9.17) is 9.47 Å². The molecule has 4 heterocycles. The zero-order valence-corrected chi connectivity index (χ0v) is 16.6. The molecular formula is C19H28ClN3O4. The zero-order chi connectivity index (χ0) is 18.1. The molecule has 1 aromatic heterocycles. The maximum absolute atomic E-state index is 13.5. The van der Waals surface area contributed by atoms with Crippen molar-refractivity contribution in [3.63, 3.8) is 0 Å². The third-order valence-electron chi connectivity index (χ3n) is 6.00. The van der Waals surface area contributed by atoms with Gasteiger partial charge in [-0.2, -0.15) is 0 Å². The SMILES string of the molecule is COc1cc(=O)n2c(c1C(=O)N1CCCC3(CCOC3)C1)CCNCC2.Cl. The van der Waals surface area contributed by atoms with Gasteiger partial charge in [0.1, 0.15) is 11.3 Å². The minimum Gasteiger partial charge on any atom is -0.496 e. The number of aromatic nitrogens is 1. The number of piperidine rings is 1. The summed E-state index contributed by atoms with van der Waals surface area (Å²) in [6, 6.07) is 1.46. The highest BCUT2D eigenvalue weighted by atomic mass is 35.5. The van der Waals surface area contributed by atoms with Gasteiger partial charge in [-0.25, -0.2) is 0 Å². The van der Waals surface area contributed by atoms with E-state index >= 15 is 0 Å². The fraction of sp³-hybridized carbons (Fsp3) is 0.684. The number of fused-ring (bicyclic) bond motifs is 1. The minimum atomic E-state index is -0.101. The highest BCUT2D eigenvalue weighted by molar-refractivity contribution is 5.98. The first-order valence-electron chi connectivity index (χ1n) is 9.52. The highest BCUT2D eigenvalue weighted by Crippen LogP contribution is 2.38. The average molecular weight is 398 g/mol. The molecule has 4 rings (SSSR count). The number of amides is 1. The van der Waals surface area contributed by atoms with Crippen LogP contribution in [0, 0.1) is 5.41 Å². The molecule has 0 saturated carbocycles. The Morgan fingerprint density at radius 3 is 2.89 bits per heavy atom. The summed E-state index contributed by atoms with van der Waals surface area (Å²) in [6.07, 6.45) is 3.78. The van der Waals surface area contributed by atoms with Gasteiger partial charge in [0.2, 0.25) is 0 Å². The average Bonchev–Trinajstić information content (AvgIpc) is 2.94. The summed E-state index contributed by atoms with van der Waals surface area (Å²) in [5.74, 6) is 0.383. The lowest BCUT2D eigenvalue weighted by Crippen LogP contribution is -2.47. The Hall–Kier alpha value is -1.57. The topological polar surface area (TPSA) is 72.8 Å². The Labute approximate surface area is 165 Å². The number of halogens is 1. The van der Waals surface area contributed by atoms with Gasteiger partial charge in [0.25, 0.3) is 11.5 Å². The van der Waals surface area contributed by atoms with Gasteiger partial charge < -0.3 is 24.3 Å². The predicted octanol–water partition coefficient (Wildman–Crippen LogP) is 1.07. The Bertz CT molecular complexity index is 758. The summed E-state index contributed by atoms with van der Waals surface area (Å²) in [6.45, 7) is 5.07. The number of likely N-dealkylation sites (tertiary alicyclic amines) is 1. The molecule has 150 valence electrons. The van der Waals surface area contributed by atoms with E-state index in [1.165, 1.54) is 13.2 Å². The van der Waals surface area contributed by atoms with Crippen LogP contribution in [0.5, 0.6) is 5.75 Å². The van der Waals surface area contributed by atoms with Crippen LogP contribution in [0.3, 0.4) is 0 Å². The Balaban J connectivity index is 0.00000210. The van der Waals surface area contributed by atoms with E-state index in [1.807, 2.05) is 4.90 Å². The molecule has 8 heteroatoms. The normalized spacial score (nSPS) is 24.9. The number of rotatable bonds is 2. The van der Waals surface area contributed by atoms with Crippen LogP contribution in [0.15, 0.2) is 10.9 Å². The van der Waals surface area contributed by atoms with Crippen LogP contribution in [-0.4, -0.2) is 61.9 Å². The monoisotopic (exact) mass is 397 g/mol. The second-order valence-electron chi connectivity index (χ2n) is 7.66. The first kappa shape index (κ1) is 20.2. The summed E-state index contributed by atoms with van der Waals surface area (Å²) < 4.78 is 12.8. The molecule has 0 bridgehead atoms. The molecule has 1 unspecified atom stereocenters. The summed E-state index contributed by atoms with van der Waals surface area (Å²) in [5, 5.41) is 3.30. The number of pyridine rings is 1. The maximum atomic E-state index is 13.5. The number of ether oxygens (including phenoxy) is 2. The fourth-order valence-electron chi connectivity index (χ4n) is 4.60. The van der Waals surface area contributed by atoms with E-state index in [1.54, 1.807) is 4.57 Å². The molecule has 0 radical (unpaired) electrons. The smallest absolute Gasteiger partial charge is 0.259 e. The van der Waals surface area contributed by atoms with Gasteiger partial charge in [0.15, 0.2) is 0 Å². The van der Waals surface area contributed by atoms with Crippen LogP contribution >= 0.6 is 12.4 Å². The quantitative estimate of drug-likeness (QED) is 0.808. The number of hydrogen-bond donors (Lipinski definition) is 1. The van der Waals surface area contributed by atoms with E-state index in [-0.39, 0.29) is 29.3 Å². The maximum Gasteiger partial charge on any atom is 0.259 e. The van der Waals surface area contributed by atoms with Crippen molar-refractivity contribution in [3.8, 4) is 5.75 Å². The molecule has 27 heavy (non-hydrogen) atoms. The fourth-order valence-corrected chi connectivity index (χ4v) is 4.60. The minimum absolute atomic E-state index is 0. The molecule has 1 atom stereocenters. The summed E-state index contributed by atoms with van der Waals surface area (Å²) >= 11 is 0. The van der Waals surface area contributed by atoms with E-state index in [2.05, 4.69) is 5.32 Å². The molecule has 0 aliphatic carbocycles. The summed E-state index contributed by atoms with van der Waals surface area (Å²) in [7, 11) is 1.53. The van der Waals surface area contributed by atoms with Gasteiger partial charge in [-0.15, -0.1) is 12.4 Å². The van der Waals surface area contributed by atoms with Crippen molar-refractivity contribution in [2.75, 3.05) is 46.5 Å². The van der Waals surface area contributed by atoms with Gasteiger partial charge in [-0.05, 0) is 19.3 Å². The van der Waals surface area contributed by atoms with Crippen molar-refractivity contribution in [1.29, 1.82) is 0 Å². The van der Waals surface area contributed by atoms with Crippen molar-refractivity contribution in [1.82, 2.24) is 14.8 Å². The molecule has 1 aromatic rings. The molecule has 3 aliphatic heterocycles. The molecule has 3 aliphatic rings. The van der Waals surface area contributed by atoms with Crippen LogP contribution in [-0.2, 0) is 17.7 Å². The van der Waals surface area contributed by atoms with E-state index in [9.17, 15) is 9.59 Å². The van der Waals surface area contributed by atoms with Gasteiger partial charge in [0, 0.05) is 62.9 Å². The molecule has 1 N–H and O–H groups in total. The molecular weight excluding hydrogens is 370 g/mol. The Kier molecular flexibility index (Phi) is 6.13. The third kappa shape index (κ3) is 3.73. The second-order valence-corrected chi connectivity index (χ2v) is 7.66. The van der Waals surface area contributed by atoms with Gasteiger partial charge in [-0.1, -0.05) is 0 Å². The van der Waals surface area contributed by atoms with E-state index in [0.717, 1.165) is 64.3 Å². The standard InChI is InChI=1S/C19H27N3O4.ClH/c1-25-15-11-16(23)22-9-7-20-6-3-14(22)17(15)18(24)21-8-2-4-19(12-21)5-10-26-13-19;/h11,20H,2-10,12-13H2,1H3;1H. The first-order valence-corrected chi connectivity index (χ1v) is 9.52. The largest absolute Gasteiger partial charge is 0.496 e. The lowest BCUT2D eigenvalue weighted by molar-refractivity contribution is 0.0458. The van der Waals surface area contributed by atoms with Gasteiger partial charge >= 0.3 is 0 Å². The summed E-state index contributed by atoms with van der Waals surface area (Å²) in [4.78, 5) is 27.9. The number of methoxy groups -OCH3 is 1. The summed E-state index contributed by atoms with van der Waals surface area (Å²) in [5.41, 5.74) is 1.36.